The van der Waals surface area contributed by atoms with Crippen molar-refractivity contribution in [1.82, 2.24) is 14.7 Å². The van der Waals surface area contributed by atoms with Crippen molar-refractivity contribution in [2.24, 2.45) is 5.73 Å². The standard InChI is InChI=1S/C14H30N4O2/c1-5-18(6-2)14(20)12-16(3)11-8-13(19)17(4)10-7-9-15/h5-12,15H2,1-4H3. The molecule has 0 aromatic rings. The van der Waals surface area contributed by atoms with Crippen LogP contribution in [0.15, 0.2) is 0 Å². The summed E-state index contributed by atoms with van der Waals surface area (Å²) >= 11 is 0. The number of rotatable bonds is 10. The first-order valence-corrected chi connectivity index (χ1v) is 7.36. The Hall–Kier alpha value is -1.14. The van der Waals surface area contributed by atoms with Gasteiger partial charge in [0.05, 0.1) is 6.54 Å². The number of likely N-dealkylation sites (N-methyl/N-ethyl adjacent to an activating group) is 2. The van der Waals surface area contributed by atoms with E-state index in [2.05, 4.69) is 0 Å². The Morgan fingerprint density at radius 2 is 1.60 bits per heavy atom. The SMILES string of the molecule is CCN(CC)C(=O)CN(C)CCC(=O)N(C)CCCN. The molecule has 2 N–H and O–H groups in total. The quantitative estimate of drug-likeness (QED) is 0.613. The van der Waals surface area contributed by atoms with Gasteiger partial charge in [0.15, 0.2) is 0 Å². The van der Waals surface area contributed by atoms with Crippen molar-refractivity contribution < 1.29 is 9.59 Å². The number of carbonyl (C=O) groups is 2. The molecule has 20 heavy (non-hydrogen) atoms. The smallest absolute Gasteiger partial charge is 0.236 e. The van der Waals surface area contributed by atoms with Crippen LogP contribution in [0.2, 0.25) is 0 Å². The summed E-state index contributed by atoms with van der Waals surface area (Å²) < 4.78 is 0. The molecule has 0 radical (unpaired) electrons. The molecule has 0 unspecified atom stereocenters. The fraction of sp³-hybridized carbons (Fsp3) is 0.857. The van der Waals surface area contributed by atoms with Crippen molar-refractivity contribution >= 4 is 11.8 Å². The summed E-state index contributed by atoms with van der Waals surface area (Å²) in [6, 6.07) is 0. The summed E-state index contributed by atoms with van der Waals surface area (Å²) in [5.41, 5.74) is 5.42. The normalized spacial score (nSPS) is 10.7. The average molecular weight is 286 g/mol. The van der Waals surface area contributed by atoms with E-state index in [1.807, 2.05) is 25.8 Å². The molecule has 0 aromatic carbocycles. The number of carbonyl (C=O) groups excluding carboxylic acids is 2. The third kappa shape index (κ3) is 7.45. The van der Waals surface area contributed by atoms with Crippen molar-refractivity contribution in [2.45, 2.75) is 26.7 Å². The number of amides is 2. The van der Waals surface area contributed by atoms with E-state index < -0.39 is 0 Å². The van der Waals surface area contributed by atoms with Crippen molar-refractivity contribution in [3.8, 4) is 0 Å². The van der Waals surface area contributed by atoms with Crippen LogP contribution in [0.1, 0.15) is 26.7 Å². The van der Waals surface area contributed by atoms with Crippen molar-refractivity contribution in [3.63, 3.8) is 0 Å². The summed E-state index contributed by atoms with van der Waals surface area (Å²) in [7, 11) is 3.66. The van der Waals surface area contributed by atoms with Gasteiger partial charge in [-0.05, 0) is 33.9 Å². The van der Waals surface area contributed by atoms with Gasteiger partial charge in [-0.1, -0.05) is 0 Å². The van der Waals surface area contributed by atoms with Gasteiger partial charge >= 0.3 is 0 Å². The van der Waals surface area contributed by atoms with Gasteiger partial charge in [-0.25, -0.2) is 0 Å². The Morgan fingerprint density at radius 3 is 2.10 bits per heavy atom. The molecule has 2 amide bonds. The lowest BCUT2D eigenvalue weighted by atomic mass is 10.3. The second-order valence-corrected chi connectivity index (χ2v) is 5.01. The molecule has 0 bridgehead atoms. The highest BCUT2D eigenvalue weighted by molar-refractivity contribution is 5.78. The first-order valence-electron chi connectivity index (χ1n) is 7.36. The lowest BCUT2D eigenvalue weighted by Crippen LogP contribution is -2.40. The third-order valence-electron chi connectivity index (χ3n) is 3.35. The highest BCUT2D eigenvalue weighted by atomic mass is 16.2. The second-order valence-electron chi connectivity index (χ2n) is 5.01. The molecule has 0 heterocycles. The van der Waals surface area contributed by atoms with Crippen LogP contribution in [0, 0.1) is 0 Å². The third-order valence-corrected chi connectivity index (χ3v) is 3.35. The summed E-state index contributed by atoms with van der Waals surface area (Å²) in [4.78, 5) is 29.2. The molecule has 6 nitrogen and oxygen atoms in total. The van der Waals surface area contributed by atoms with Crippen LogP contribution >= 0.6 is 0 Å². The van der Waals surface area contributed by atoms with E-state index >= 15 is 0 Å². The number of hydrogen-bond acceptors (Lipinski definition) is 4. The molecule has 118 valence electrons. The highest BCUT2D eigenvalue weighted by Gasteiger charge is 2.14. The Bertz CT molecular complexity index is 293. The summed E-state index contributed by atoms with van der Waals surface area (Å²) in [6.45, 7) is 7.64. The predicted molar refractivity (Wildman–Crippen MR) is 81.4 cm³/mol. The Labute approximate surface area is 122 Å². The van der Waals surface area contributed by atoms with E-state index in [9.17, 15) is 9.59 Å². The first kappa shape index (κ1) is 18.9. The van der Waals surface area contributed by atoms with Gasteiger partial charge in [-0.3, -0.25) is 14.5 Å². The van der Waals surface area contributed by atoms with Crippen LogP contribution in [-0.4, -0.2) is 79.9 Å². The van der Waals surface area contributed by atoms with Gasteiger partial charge in [0.1, 0.15) is 0 Å². The summed E-state index contributed by atoms with van der Waals surface area (Å²) in [6.07, 6.45) is 1.25. The molecule has 0 aliphatic heterocycles. The fourth-order valence-electron chi connectivity index (χ4n) is 1.92. The Morgan fingerprint density at radius 1 is 1.00 bits per heavy atom. The van der Waals surface area contributed by atoms with Crippen LogP contribution in [0.3, 0.4) is 0 Å². The molecule has 0 saturated carbocycles. The van der Waals surface area contributed by atoms with Gasteiger partial charge in [0.2, 0.25) is 11.8 Å². The second kappa shape index (κ2) is 10.6. The fourth-order valence-corrected chi connectivity index (χ4v) is 1.92. The molecule has 0 aromatic heterocycles. The zero-order valence-corrected chi connectivity index (χ0v) is 13.4. The maximum absolute atomic E-state index is 11.9. The molecule has 0 fully saturated rings. The van der Waals surface area contributed by atoms with Crippen LogP contribution in [0.4, 0.5) is 0 Å². The highest BCUT2D eigenvalue weighted by Crippen LogP contribution is 1.97. The largest absolute Gasteiger partial charge is 0.346 e. The van der Waals surface area contributed by atoms with E-state index in [1.165, 1.54) is 0 Å². The predicted octanol–water partition coefficient (Wildman–Crippen LogP) is -0.0161. The van der Waals surface area contributed by atoms with Gasteiger partial charge in [-0.2, -0.15) is 0 Å². The molecule has 0 spiro atoms. The number of hydrogen-bond donors (Lipinski definition) is 1. The van der Waals surface area contributed by atoms with E-state index in [0.29, 0.717) is 32.6 Å². The Kier molecular flexibility index (Phi) is 10.0. The van der Waals surface area contributed by atoms with Gasteiger partial charge in [0.25, 0.3) is 0 Å². The zero-order valence-electron chi connectivity index (χ0n) is 13.4. The van der Waals surface area contributed by atoms with E-state index in [0.717, 1.165) is 19.5 Å². The summed E-state index contributed by atoms with van der Waals surface area (Å²) in [5.74, 6) is 0.210. The summed E-state index contributed by atoms with van der Waals surface area (Å²) in [5, 5.41) is 0. The lowest BCUT2D eigenvalue weighted by Gasteiger charge is -2.23. The monoisotopic (exact) mass is 286 g/mol. The van der Waals surface area contributed by atoms with Crippen LogP contribution in [-0.2, 0) is 9.59 Å². The maximum atomic E-state index is 11.9. The lowest BCUT2D eigenvalue weighted by molar-refractivity contribution is -0.133. The van der Waals surface area contributed by atoms with E-state index in [-0.39, 0.29) is 11.8 Å². The van der Waals surface area contributed by atoms with Crippen molar-refractivity contribution in [3.05, 3.63) is 0 Å². The minimum atomic E-state index is 0.0978. The number of nitrogens with zero attached hydrogens (tertiary/aromatic N) is 3. The molecule has 6 heteroatoms. The maximum Gasteiger partial charge on any atom is 0.236 e. The van der Waals surface area contributed by atoms with Crippen LogP contribution in [0.25, 0.3) is 0 Å². The number of nitrogens with two attached hydrogens (primary N) is 1. The molecule has 0 atom stereocenters. The Balaban J connectivity index is 4.00. The van der Waals surface area contributed by atoms with Crippen LogP contribution < -0.4 is 5.73 Å². The van der Waals surface area contributed by atoms with Gasteiger partial charge < -0.3 is 15.5 Å². The molecule has 0 aliphatic rings. The zero-order chi connectivity index (χ0) is 15.5. The van der Waals surface area contributed by atoms with E-state index in [1.54, 1.807) is 16.8 Å². The topological polar surface area (TPSA) is 69.9 Å². The van der Waals surface area contributed by atoms with Crippen molar-refractivity contribution in [2.75, 3.05) is 53.4 Å². The molecule has 0 rings (SSSR count). The van der Waals surface area contributed by atoms with Crippen LogP contribution in [0.5, 0.6) is 0 Å². The van der Waals surface area contributed by atoms with E-state index in [4.69, 9.17) is 5.73 Å². The first-order chi connectivity index (χ1) is 9.46. The average Bonchev–Trinajstić information content (AvgIpc) is 2.43. The molecular weight excluding hydrogens is 256 g/mol. The van der Waals surface area contributed by atoms with Gasteiger partial charge in [0, 0.05) is 39.6 Å². The molecule has 0 aliphatic carbocycles. The minimum Gasteiger partial charge on any atom is -0.346 e. The molecule has 0 saturated heterocycles. The minimum absolute atomic E-state index is 0.0978. The molecular formula is C14H30N4O2. The van der Waals surface area contributed by atoms with Crippen molar-refractivity contribution in [1.29, 1.82) is 0 Å². The van der Waals surface area contributed by atoms with Gasteiger partial charge in [-0.15, -0.1) is 0 Å².